The SMILES string of the molecule is COC[C@H](NC(=O)OCC1c2ccccc2-c2ccccc21)C(=O)N[C@@H](CCSC)C(=O)O. The number of carboxylic acids is 1. The molecule has 33 heavy (non-hydrogen) atoms. The first-order valence-electron chi connectivity index (χ1n) is 10.6. The summed E-state index contributed by atoms with van der Waals surface area (Å²) >= 11 is 1.48. The summed E-state index contributed by atoms with van der Waals surface area (Å²) in [6.45, 7) is -0.0163. The van der Waals surface area contributed by atoms with Gasteiger partial charge in [0.05, 0.1) is 6.61 Å². The third-order valence-electron chi connectivity index (χ3n) is 5.51. The molecule has 9 heteroatoms. The normalized spacial score (nSPS) is 14.0. The lowest BCUT2D eigenvalue weighted by Gasteiger charge is -2.21. The molecule has 0 unspecified atom stereocenters. The molecule has 3 rings (SSSR count). The first kappa shape index (κ1) is 24.6. The maximum absolute atomic E-state index is 12.6. The number of amides is 2. The zero-order valence-corrected chi connectivity index (χ0v) is 19.4. The number of alkyl carbamates (subject to hydrolysis) is 1. The summed E-state index contributed by atoms with van der Waals surface area (Å²) in [6.07, 6.45) is 1.35. The van der Waals surface area contributed by atoms with E-state index in [0.29, 0.717) is 5.75 Å². The Morgan fingerprint density at radius 2 is 1.61 bits per heavy atom. The number of fused-ring (bicyclic) bond motifs is 3. The molecule has 2 amide bonds. The molecule has 176 valence electrons. The van der Waals surface area contributed by atoms with Gasteiger partial charge in [0, 0.05) is 13.0 Å². The number of aliphatic carboxylic acids is 1. The number of carbonyl (C=O) groups excluding carboxylic acids is 2. The van der Waals surface area contributed by atoms with Crippen molar-refractivity contribution in [2.45, 2.75) is 24.4 Å². The number of ether oxygens (including phenoxy) is 2. The van der Waals surface area contributed by atoms with E-state index >= 15 is 0 Å². The predicted molar refractivity (Wildman–Crippen MR) is 126 cm³/mol. The van der Waals surface area contributed by atoms with E-state index in [4.69, 9.17) is 9.47 Å². The van der Waals surface area contributed by atoms with E-state index in [1.54, 1.807) is 0 Å². The number of methoxy groups -OCH3 is 1. The fourth-order valence-corrected chi connectivity index (χ4v) is 4.37. The van der Waals surface area contributed by atoms with Gasteiger partial charge in [-0.1, -0.05) is 48.5 Å². The van der Waals surface area contributed by atoms with E-state index in [1.165, 1.54) is 18.9 Å². The van der Waals surface area contributed by atoms with E-state index in [0.717, 1.165) is 22.3 Å². The highest BCUT2D eigenvalue weighted by molar-refractivity contribution is 7.98. The van der Waals surface area contributed by atoms with Crippen molar-refractivity contribution >= 4 is 29.7 Å². The molecular weight excluding hydrogens is 444 g/mol. The highest BCUT2D eigenvalue weighted by atomic mass is 32.2. The van der Waals surface area contributed by atoms with Crippen LogP contribution >= 0.6 is 11.8 Å². The number of carboxylic acid groups (broad SMARTS) is 1. The monoisotopic (exact) mass is 472 g/mol. The fraction of sp³-hybridized carbons (Fsp3) is 0.375. The average molecular weight is 473 g/mol. The molecule has 0 spiro atoms. The Balaban J connectivity index is 1.62. The number of carbonyl (C=O) groups is 3. The Hall–Kier alpha value is -3.04. The van der Waals surface area contributed by atoms with Crippen LogP contribution in [0.5, 0.6) is 0 Å². The standard InChI is InChI=1S/C24H28N2O6S/c1-31-14-21(22(27)25-20(23(28)29)11-12-33-2)26-24(30)32-13-19-17-9-5-3-7-15(17)16-8-4-6-10-18(16)19/h3-10,19-21H,11-14H2,1-2H3,(H,25,27)(H,26,30)(H,28,29)/t20-,21-/m0/s1. The van der Waals surface area contributed by atoms with Gasteiger partial charge in [0.1, 0.15) is 18.7 Å². The van der Waals surface area contributed by atoms with Gasteiger partial charge < -0.3 is 25.2 Å². The van der Waals surface area contributed by atoms with Gasteiger partial charge in [-0.3, -0.25) is 4.79 Å². The van der Waals surface area contributed by atoms with Crippen molar-refractivity contribution < 1.29 is 29.0 Å². The summed E-state index contributed by atoms with van der Waals surface area (Å²) in [7, 11) is 1.39. The van der Waals surface area contributed by atoms with Crippen molar-refractivity contribution in [3.8, 4) is 11.1 Å². The van der Waals surface area contributed by atoms with Crippen LogP contribution in [0, 0.1) is 0 Å². The summed E-state index contributed by atoms with van der Waals surface area (Å²) < 4.78 is 10.5. The maximum Gasteiger partial charge on any atom is 0.407 e. The van der Waals surface area contributed by atoms with Crippen molar-refractivity contribution in [3.05, 3.63) is 59.7 Å². The maximum atomic E-state index is 12.6. The Labute approximate surface area is 197 Å². The van der Waals surface area contributed by atoms with Crippen LogP contribution < -0.4 is 10.6 Å². The van der Waals surface area contributed by atoms with Gasteiger partial charge in [-0.25, -0.2) is 9.59 Å². The molecule has 0 saturated heterocycles. The number of hydrogen-bond donors (Lipinski definition) is 3. The largest absolute Gasteiger partial charge is 0.480 e. The van der Waals surface area contributed by atoms with E-state index in [2.05, 4.69) is 10.6 Å². The average Bonchev–Trinajstić information content (AvgIpc) is 3.13. The predicted octanol–water partition coefficient (Wildman–Crippen LogP) is 2.86. The molecule has 2 atom stereocenters. The van der Waals surface area contributed by atoms with Crippen LogP contribution in [0.25, 0.3) is 11.1 Å². The van der Waals surface area contributed by atoms with Gasteiger partial charge in [0.15, 0.2) is 0 Å². The Morgan fingerprint density at radius 3 is 2.15 bits per heavy atom. The zero-order valence-electron chi connectivity index (χ0n) is 18.6. The summed E-state index contributed by atoms with van der Waals surface area (Å²) in [5, 5.41) is 14.3. The van der Waals surface area contributed by atoms with Gasteiger partial charge in [-0.05, 0) is 40.7 Å². The molecule has 2 aromatic rings. The van der Waals surface area contributed by atoms with Crippen molar-refractivity contribution in [3.63, 3.8) is 0 Å². The van der Waals surface area contributed by atoms with Gasteiger partial charge in [-0.15, -0.1) is 0 Å². The number of nitrogens with one attached hydrogen (secondary N) is 2. The third kappa shape index (κ3) is 6.06. The highest BCUT2D eigenvalue weighted by Gasteiger charge is 2.30. The van der Waals surface area contributed by atoms with Crippen LogP contribution in [0.1, 0.15) is 23.5 Å². The van der Waals surface area contributed by atoms with Crippen molar-refractivity contribution in [2.75, 3.05) is 32.3 Å². The summed E-state index contributed by atoms with van der Waals surface area (Å²) in [5.74, 6) is -1.30. The van der Waals surface area contributed by atoms with Crippen LogP contribution in [-0.4, -0.2) is 67.5 Å². The minimum absolute atomic E-state index is 0.104. The second-order valence-electron chi connectivity index (χ2n) is 7.66. The second kappa shape index (κ2) is 11.7. The lowest BCUT2D eigenvalue weighted by atomic mass is 9.98. The van der Waals surface area contributed by atoms with E-state index < -0.39 is 30.1 Å². The number of hydrogen-bond acceptors (Lipinski definition) is 6. The lowest BCUT2D eigenvalue weighted by Crippen LogP contribution is -2.53. The molecule has 8 nitrogen and oxygen atoms in total. The van der Waals surface area contributed by atoms with Crippen LogP contribution in [0.4, 0.5) is 4.79 Å². The molecule has 0 heterocycles. The van der Waals surface area contributed by atoms with E-state index in [-0.39, 0.29) is 25.6 Å². The third-order valence-corrected chi connectivity index (χ3v) is 6.15. The minimum Gasteiger partial charge on any atom is -0.480 e. The van der Waals surface area contributed by atoms with Crippen LogP contribution in [0.2, 0.25) is 0 Å². The highest BCUT2D eigenvalue weighted by Crippen LogP contribution is 2.44. The topological polar surface area (TPSA) is 114 Å². The molecular formula is C24H28N2O6S. The number of thioether (sulfide) groups is 1. The molecule has 1 aliphatic carbocycles. The molecule has 0 fully saturated rings. The molecule has 0 radical (unpaired) electrons. The van der Waals surface area contributed by atoms with Gasteiger partial charge in [0.2, 0.25) is 5.91 Å². The Kier molecular flexibility index (Phi) is 8.73. The van der Waals surface area contributed by atoms with Crippen molar-refractivity contribution in [1.82, 2.24) is 10.6 Å². The first-order valence-corrected chi connectivity index (χ1v) is 12.0. The second-order valence-corrected chi connectivity index (χ2v) is 8.64. The quantitative estimate of drug-likeness (QED) is 0.461. The first-order chi connectivity index (χ1) is 16.0. The van der Waals surface area contributed by atoms with E-state index in [9.17, 15) is 19.5 Å². The van der Waals surface area contributed by atoms with Crippen molar-refractivity contribution in [2.24, 2.45) is 0 Å². The molecule has 1 aliphatic rings. The Morgan fingerprint density at radius 1 is 1.00 bits per heavy atom. The molecule has 3 N–H and O–H groups in total. The zero-order chi connectivity index (χ0) is 23.8. The molecule has 0 bridgehead atoms. The number of rotatable bonds is 11. The smallest absolute Gasteiger partial charge is 0.407 e. The van der Waals surface area contributed by atoms with E-state index in [1.807, 2.05) is 54.8 Å². The van der Waals surface area contributed by atoms with Gasteiger partial charge >= 0.3 is 12.1 Å². The molecule has 0 aromatic heterocycles. The van der Waals surface area contributed by atoms with Crippen LogP contribution in [-0.2, 0) is 19.1 Å². The molecule has 2 aromatic carbocycles. The summed E-state index contributed by atoms with van der Waals surface area (Å²) in [4.78, 5) is 36.5. The van der Waals surface area contributed by atoms with Crippen LogP contribution in [0.3, 0.4) is 0 Å². The molecule has 0 saturated carbocycles. The van der Waals surface area contributed by atoms with Crippen LogP contribution in [0.15, 0.2) is 48.5 Å². The van der Waals surface area contributed by atoms with Gasteiger partial charge in [-0.2, -0.15) is 11.8 Å². The summed E-state index contributed by atoms with van der Waals surface area (Å²) in [5.41, 5.74) is 4.39. The van der Waals surface area contributed by atoms with Gasteiger partial charge in [0.25, 0.3) is 0 Å². The minimum atomic E-state index is -1.13. The van der Waals surface area contributed by atoms with Crippen molar-refractivity contribution in [1.29, 1.82) is 0 Å². The number of benzene rings is 2. The lowest BCUT2D eigenvalue weighted by molar-refractivity contribution is -0.142. The fourth-order valence-electron chi connectivity index (χ4n) is 3.90. The Bertz CT molecular complexity index is 953. The molecule has 0 aliphatic heterocycles. The summed E-state index contributed by atoms with van der Waals surface area (Å²) in [6, 6.07) is 13.8.